The van der Waals surface area contributed by atoms with Gasteiger partial charge in [-0.3, -0.25) is 0 Å². The summed E-state index contributed by atoms with van der Waals surface area (Å²) in [5.74, 6) is 0. The molecule has 0 aromatic carbocycles. The normalized spacial score (nSPS) is 44.3. The van der Waals surface area contributed by atoms with Crippen molar-refractivity contribution >= 4 is 0 Å². The maximum atomic E-state index is 12.7. The topological polar surface area (TPSA) is 0 Å². The van der Waals surface area contributed by atoms with Crippen LogP contribution >= 0.6 is 0 Å². The standard InChI is InChI=1S/C10H15F3/c1-2-8-3-5-9(7-8,6-4-8)10(11,12)13/h2-7H2,1H3. The SMILES string of the molecule is CCC12CCC(C(F)(F)F)(CC1)C2. The molecule has 13 heavy (non-hydrogen) atoms. The molecular weight excluding hydrogens is 177 g/mol. The fourth-order valence-corrected chi connectivity index (χ4v) is 3.19. The Balaban J connectivity index is 2.23. The zero-order valence-corrected chi connectivity index (χ0v) is 7.88. The van der Waals surface area contributed by atoms with Crippen molar-refractivity contribution in [3.05, 3.63) is 0 Å². The molecule has 0 unspecified atom stereocenters. The summed E-state index contributed by atoms with van der Waals surface area (Å²) in [4.78, 5) is 0. The average molecular weight is 192 g/mol. The molecule has 0 radical (unpaired) electrons. The summed E-state index contributed by atoms with van der Waals surface area (Å²) >= 11 is 0. The molecular formula is C10H15F3. The first-order valence-electron chi connectivity index (χ1n) is 5.00. The number of halogens is 3. The van der Waals surface area contributed by atoms with E-state index in [2.05, 4.69) is 0 Å². The van der Waals surface area contributed by atoms with Crippen LogP contribution in [0.3, 0.4) is 0 Å². The van der Waals surface area contributed by atoms with Crippen LogP contribution in [-0.2, 0) is 0 Å². The Morgan fingerprint density at radius 1 is 1.08 bits per heavy atom. The van der Waals surface area contributed by atoms with Gasteiger partial charge in [0.2, 0.25) is 0 Å². The van der Waals surface area contributed by atoms with Crippen LogP contribution in [0.15, 0.2) is 0 Å². The van der Waals surface area contributed by atoms with Gasteiger partial charge < -0.3 is 0 Å². The smallest absolute Gasteiger partial charge is 0.171 e. The molecule has 2 rings (SSSR count). The van der Waals surface area contributed by atoms with Crippen molar-refractivity contribution in [3.63, 3.8) is 0 Å². The van der Waals surface area contributed by atoms with Crippen molar-refractivity contribution in [2.24, 2.45) is 10.8 Å². The van der Waals surface area contributed by atoms with Gasteiger partial charge in [-0.05, 0) is 37.5 Å². The molecule has 0 amide bonds. The zero-order valence-electron chi connectivity index (χ0n) is 7.88. The van der Waals surface area contributed by atoms with Gasteiger partial charge in [0.1, 0.15) is 0 Å². The Bertz CT molecular complexity index is 209. The highest BCUT2D eigenvalue weighted by Crippen LogP contribution is 2.68. The second-order valence-electron chi connectivity index (χ2n) is 4.81. The first-order valence-corrected chi connectivity index (χ1v) is 5.00. The summed E-state index contributed by atoms with van der Waals surface area (Å²) in [6.07, 6.45) is -0.286. The van der Waals surface area contributed by atoms with Gasteiger partial charge in [-0.15, -0.1) is 0 Å². The summed E-state index contributed by atoms with van der Waals surface area (Å²) in [5.41, 5.74) is -1.24. The van der Waals surface area contributed by atoms with E-state index in [9.17, 15) is 13.2 Å². The molecule has 0 nitrogen and oxygen atoms in total. The summed E-state index contributed by atoms with van der Waals surface area (Å²) in [6, 6.07) is 0. The van der Waals surface area contributed by atoms with Crippen molar-refractivity contribution < 1.29 is 13.2 Å². The minimum Gasteiger partial charge on any atom is -0.171 e. The van der Waals surface area contributed by atoms with Crippen LogP contribution in [0.1, 0.15) is 45.4 Å². The van der Waals surface area contributed by atoms with E-state index in [1.54, 1.807) is 0 Å². The Morgan fingerprint density at radius 3 is 1.85 bits per heavy atom. The van der Waals surface area contributed by atoms with Crippen LogP contribution in [0, 0.1) is 10.8 Å². The zero-order chi connectivity index (χ0) is 9.74. The largest absolute Gasteiger partial charge is 0.394 e. The fourth-order valence-electron chi connectivity index (χ4n) is 3.19. The molecule has 2 saturated carbocycles. The third-order valence-corrected chi connectivity index (χ3v) is 4.33. The third-order valence-electron chi connectivity index (χ3n) is 4.33. The van der Waals surface area contributed by atoms with E-state index in [1.807, 2.05) is 6.92 Å². The van der Waals surface area contributed by atoms with Crippen LogP contribution in [0.25, 0.3) is 0 Å². The quantitative estimate of drug-likeness (QED) is 0.591. The highest BCUT2D eigenvalue weighted by molar-refractivity contribution is 5.06. The molecule has 0 aromatic heterocycles. The highest BCUT2D eigenvalue weighted by Gasteiger charge is 2.65. The average Bonchev–Trinajstić information content (AvgIpc) is 2.60. The summed E-state index contributed by atoms with van der Waals surface area (Å²) in [6.45, 7) is 2.03. The molecule has 2 aliphatic carbocycles. The van der Waals surface area contributed by atoms with E-state index >= 15 is 0 Å². The minimum absolute atomic E-state index is 0.0511. The molecule has 0 heterocycles. The Hall–Kier alpha value is -0.210. The molecule has 0 N–H and O–H groups in total. The van der Waals surface area contributed by atoms with Crippen LogP contribution in [-0.4, -0.2) is 6.18 Å². The lowest BCUT2D eigenvalue weighted by molar-refractivity contribution is -0.220. The number of hydrogen-bond donors (Lipinski definition) is 0. The Labute approximate surface area is 76.5 Å². The van der Waals surface area contributed by atoms with E-state index in [4.69, 9.17) is 0 Å². The number of fused-ring (bicyclic) bond motifs is 2. The van der Waals surface area contributed by atoms with Crippen LogP contribution in [0.4, 0.5) is 13.2 Å². The van der Waals surface area contributed by atoms with Gasteiger partial charge >= 0.3 is 6.18 Å². The fraction of sp³-hybridized carbons (Fsp3) is 1.00. The molecule has 0 spiro atoms. The van der Waals surface area contributed by atoms with Crippen molar-refractivity contribution in [1.82, 2.24) is 0 Å². The lowest BCUT2D eigenvalue weighted by atomic mass is 9.80. The van der Waals surface area contributed by atoms with E-state index in [-0.39, 0.29) is 5.41 Å². The molecule has 2 fully saturated rings. The van der Waals surface area contributed by atoms with Gasteiger partial charge in [0, 0.05) is 0 Å². The first kappa shape index (κ1) is 9.35. The lowest BCUT2D eigenvalue weighted by Gasteiger charge is -2.29. The number of alkyl halides is 3. The summed E-state index contributed by atoms with van der Waals surface area (Å²) in [5, 5.41) is 0. The lowest BCUT2D eigenvalue weighted by Crippen LogP contribution is -2.33. The van der Waals surface area contributed by atoms with Crippen molar-refractivity contribution in [2.45, 2.75) is 51.6 Å². The van der Waals surface area contributed by atoms with Crippen molar-refractivity contribution in [2.75, 3.05) is 0 Å². The molecule has 0 atom stereocenters. The monoisotopic (exact) mass is 192 g/mol. The summed E-state index contributed by atoms with van der Waals surface area (Å²) in [7, 11) is 0. The predicted molar refractivity (Wildman–Crippen MR) is 44.3 cm³/mol. The number of hydrogen-bond acceptors (Lipinski definition) is 0. The molecule has 0 saturated heterocycles. The molecule has 0 aromatic rings. The second-order valence-corrected chi connectivity index (χ2v) is 4.81. The second kappa shape index (κ2) is 2.43. The van der Waals surface area contributed by atoms with Gasteiger partial charge in [-0.25, -0.2) is 0 Å². The Morgan fingerprint density at radius 2 is 1.62 bits per heavy atom. The van der Waals surface area contributed by atoms with E-state index < -0.39 is 11.6 Å². The van der Waals surface area contributed by atoms with Gasteiger partial charge in [-0.1, -0.05) is 13.3 Å². The van der Waals surface area contributed by atoms with Gasteiger partial charge in [-0.2, -0.15) is 13.2 Å². The molecule has 3 heteroatoms. The number of rotatable bonds is 1. The van der Waals surface area contributed by atoms with Crippen LogP contribution in [0.2, 0.25) is 0 Å². The molecule has 2 bridgehead atoms. The highest BCUT2D eigenvalue weighted by atomic mass is 19.4. The van der Waals surface area contributed by atoms with Crippen molar-refractivity contribution in [1.29, 1.82) is 0 Å². The molecule has 0 aliphatic heterocycles. The van der Waals surface area contributed by atoms with E-state index in [1.165, 1.54) is 0 Å². The van der Waals surface area contributed by atoms with Gasteiger partial charge in [0.25, 0.3) is 0 Å². The van der Waals surface area contributed by atoms with Crippen LogP contribution in [0.5, 0.6) is 0 Å². The minimum atomic E-state index is -3.96. The molecule has 76 valence electrons. The van der Waals surface area contributed by atoms with Gasteiger partial charge in [0.15, 0.2) is 0 Å². The van der Waals surface area contributed by atoms with Crippen molar-refractivity contribution in [3.8, 4) is 0 Å². The van der Waals surface area contributed by atoms with E-state index in [0.717, 1.165) is 19.3 Å². The Kier molecular flexibility index (Phi) is 1.74. The van der Waals surface area contributed by atoms with E-state index in [0.29, 0.717) is 19.3 Å². The molecule has 2 aliphatic rings. The van der Waals surface area contributed by atoms with Gasteiger partial charge in [0.05, 0.1) is 5.41 Å². The first-order chi connectivity index (χ1) is 5.93. The van der Waals surface area contributed by atoms with Crippen LogP contribution < -0.4 is 0 Å². The maximum Gasteiger partial charge on any atom is 0.394 e. The predicted octanol–water partition coefficient (Wildman–Crippen LogP) is 3.91. The third kappa shape index (κ3) is 1.12. The summed E-state index contributed by atoms with van der Waals surface area (Å²) < 4.78 is 38.2. The maximum absolute atomic E-state index is 12.7.